The molecule has 0 amide bonds. The topological polar surface area (TPSA) is 78.9 Å². The second-order valence-corrected chi connectivity index (χ2v) is 22.7. The van der Waals surface area contributed by atoms with E-state index < -0.39 is 6.10 Å². The minimum atomic E-state index is -0.787. The summed E-state index contributed by atoms with van der Waals surface area (Å²) in [5.74, 6) is -0.892. The molecule has 0 aromatic carbocycles. The summed E-state index contributed by atoms with van der Waals surface area (Å²) in [6.07, 6.45) is 91.5. The van der Waals surface area contributed by atoms with Crippen LogP contribution in [0.25, 0.3) is 0 Å². The van der Waals surface area contributed by atoms with Gasteiger partial charge in [0, 0.05) is 19.3 Å². The molecule has 0 bridgehead atoms. The van der Waals surface area contributed by atoms with Gasteiger partial charge in [0.2, 0.25) is 0 Å². The average molecular weight is 1110 g/mol. The van der Waals surface area contributed by atoms with Gasteiger partial charge in [-0.2, -0.15) is 0 Å². The predicted molar refractivity (Wildman–Crippen MR) is 348 cm³/mol. The van der Waals surface area contributed by atoms with Crippen molar-refractivity contribution in [1.82, 2.24) is 0 Å². The lowest BCUT2D eigenvalue weighted by atomic mass is 10.0. The number of esters is 3. The summed E-state index contributed by atoms with van der Waals surface area (Å²) in [6.45, 7) is 6.50. The van der Waals surface area contributed by atoms with Gasteiger partial charge in [-0.05, 0) is 122 Å². The highest BCUT2D eigenvalue weighted by Crippen LogP contribution is 2.17. The molecule has 6 nitrogen and oxygen atoms in total. The molecule has 6 heteroatoms. The lowest BCUT2D eigenvalue weighted by Gasteiger charge is -2.18. The van der Waals surface area contributed by atoms with Gasteiger partial charge in [-0.25, -0.2) is 0 Å². The van der Waals surface area contributed by atoms with Gasteiger partial charge in [-0.1, -0.05) is 291 Å². The highest BCUT2D eigenvalue weighted by Gasteiger charge is 2.19. The van der Waals surface area contributed by atoms with Gasteiger partial charge in [-0.3, -0.25) is 14.4 Å². The third kappa shape index (κ3) is 65.1. The summed E-state index contributed by atoms with van der Waals surface area (Å²) in [7, 11) is 0. The predicted octanol–water partition coefficient (Wildman–Crippen LogP) is 23.6. The van der Waals surface area contributed by atoms with E-state index in [0.717, 1.165) is 122 Å². The van der Waals surface area contributed by atoms with Gasteiger partial charge >= 0.3 is 17.9 Å². The maximum Gasteiger partial charge on any atom is 0.306 e. The third-order valence-corrected chi connectivity index (χ3v) is 14.8. The maximum atomic E-state index is 12.9. The molecule has 0 aromatic rings. The zero-order valence-corrected chi connectivity index (χ0v) is 52.8. The van der Waals surface area contributed by atoms with E-state index in [2.05, 4.69) is 118 Å². The van der Waals surface area contributed by atoms with Crippen LogP contribution in [0.5, 0.6) is 0 Å². The Morgan fingerprint density at radius 3 is 0.800 bits per heavy atom. The molecule has 1 atom stereocenters. The third-order valence-electron chi connectivity index (χ3n) is 14.8. The van der Waals surface area contributed by atoms with Crippen molar-refractivity contribution < 1.29 is 28.6 Å². The summed E-state index contributed by atoms with van der Waals surface area (Å²) in [6, 6.07) is 0. The Hall–Kier alpha value is -3.67. The first kappa shape index (κ1) is 76.3. The Labute approximate surface area is 496 Å². The molecule has 0 rings (SSSR count). The van der Waals surface area contributed by atoms with Crippen molar-refractivity contribution in [2.45, 2.75) is 341 Å². The minimum Gasteiger partial charge on any atom is -0.462 e. The standard InChI is InChI=1S/C74H128O6/c1-4-7-10-13-16-19-22-25-28-29-30-31-32-33-34-35-36-37-38-39-40-41-42-43-44-45-47-49-52-55-58-61-64-67-73(76)79-70-71(69-78-72(75)66-63-60-57-54-51-48-27-24-21-18-15-12-9-6-3)80-74(77)68-65-62-59-56-53-50-46-26-23-20-17-14-11-8-5-2/h7,10,16-17,19-20,24-28,30-31,33-34,46,71H,4-6,8-9,11-15,18,21-23,29,32,35-45,47-70H2,1-3H3/b10-7-,19-16-,20-17-,27-24-,28-25-,31-30-,34-33-,46-26-. The molecule has 0 spiro atoms. The summed E-state index contributed by atoms with van der Waals surface area (Å²) in [5, 5.41) is 0. The second-order valence-electron chi connectivity index (χ2n) is 22.7. The summed E-state index contributed by atoms with van der Waals surface area (Å²) < 4.78 is 16.9. The SMILES string of the molecule is CC/C=C\C/C=C\C/C=C\C/C=C\C/C=C\CCCCCCCCCCCCCCCCCCCC(=O)OCC(COC(=O)CCCCCCC/C=C\CCCCCCC)OC(=O)CCCCCCC/C=C\C/C=C\CCCCC. The first-order valence-corrected chi connectivity index (χ1v) is 34.2. The van der Waals surface area contributed by atoms with Gasteiger partial charge in [0.05, 0.1) is 0 Å². The molecule has 460 valence electrons. The quantitative estimate of drug-likeness (QED) is 0.0261. The monoisotopic (exact) mass is 1110 g/mol. The fraction of sp³-hybridized carbons (Fsp3) is 0.743. The number of carbonyl (C=O) groups is 3. The zero-order chi connectivity index (χ0) is 57.8. The molecule has 0 saturated carbocycles. The van der Waals surface area contributed by atoms with E-state index in [4.69, 9.17) is 14.2 Å². The molecule has 0 aromatic heterocycles. The first-order chi connectivity index (χ1) is 39.5. The van der Waals surface area contributed by atoms with E-state index in [1.807, 2.05) is 0 Å². The fourth-order valence-corrected chi connectivity index (χ4v) is 9.67. The highest BCUT2D eigenvalue weighted by molar-refractivity contribution is 5.71. The van der Waals surface area contributed by atoms with Crippen molar-refractivity contribution >= 4 is 17.9 Å². The molecular formula is C74H128O6. The van der Waals surface area contributed by atoms with Gasteiger partial charge in [0.15, 0.2) is 6.10 Å². The number of hydrogen-bond donors (Lipinski definition) is 0. The van der Waals surface area contributed by atoms with Crippen LogP contribution in [0.4, 0.5) is 0 Å². The molecule has 0 heterocycles. The van der Waals surface area contributed by atoms with E-state index in [1.165, 1.54) is 173 Å². The molecule has 80 heavy (non-hydrogen) atoms. The van der Waals surface area contributed by atoms with Crippen molar-refractivity contribution in [2.24, 2.45) is 0 Å². The minimum absolute atomic E-state index is 0.0825. The van der Waals surface area contributed by atoms with Crippen molar-refractivity contribution in [3.63, 3.8) is 0 Å². The van der Waals surface area contributed by atoms with Crippen LogP contribution < -0.4 is 0 Å². The number of ether oxygens (including phenoxy) is 3. The van der Waals surface area contributed by atoms with Gasteiger partial charge in [0.1, 0.15) is 13.2 Å². The van der Waals surface area contributed by atoms with Crippen molar-refractivity contribution in [2.75, 3.05) is 13.2 Å². The molecule has 0 radical (unpaired) electrons. The smallest absolute Gasteiger partial charge is 0.306 e. The Kier molecular flexibility index (Phi) is 64.7. The van der Waals surface area contributed by atoms with E-state index in [0.29, 0.717) is 19.3 Å². The Balaban J connectivity index is 4.18. The number of allylic oxidation sites excluding steroid dienone is 16. The zero-order valence-electron chi connectivity index (χ0n) is 52.8. The van der Waals surface area contributed by atoms with Crippen LogP contribution in [0.1, 0.15) is 335 Å². The molecule has 0 N–H and O–H groups in total. The number of rotatable bonds is 62. The van der Waals surface area contributed by atoms with Crippen LogP contribution in [-0.2, 0) is 28.6 Å². The van der Waals surface area contributed by atoms with Gasteiger partial charge in [-0.15, -0.1) is 0 Å². The van der Waals surface area contributed by atoms with Crippen LogP contribution in [0.15, 0.2) is 97.2 Å². The summed E-state index contributed by atoms with van der Waals surface area (Å²) in [5.41, 5.74) is 0. The van der Waals surface area contributed by atoms with E-state index in [-0.39, 0.29) is 31.1 Å². The van der Waals surface area contributed by atoms with Crippen molar-refractivity contribution in [3.05, 3.63) is 97.2 Å². The Morgan fingerprint density at radius 2 is 0.487 bits per heavy atom. The molecule has 1 unspecified atom stereocenters. The fourth-order valence-electron chi connectivity index (χ4n) is 9.67. The first-order valence-electron chi connectivity index (χ1n) is 34.2. The molecule has 0 aliphatic carbocycles. The maximum absolute atomic E-state index is 12.9. The van der Waals surface area contributed by atoms with E-state index in [9.17, 15) is 14.4 Å². The normalized spacial score (nSPS) is 12.7. The van der Waals surface area contributed by atoms with Crippen LogP contribution >= 0.6 is 0 Å². The van der Waals surface area contributed by atoms with E-state index in [1.54, 1.807) is 0 Å². The van der Waals surface area contributed by atoms with Gasteiger partial charge < -0.3 is 14.2 Å². The molecular weight excluding hydrogens is 985 g/mol. The van der Waals surface area contributed by atoms with Crippen molar-refractivity contribution in [1.29, 1.82) is 0 Å². The second kappa shape index (κ2) is 67.8. The lowest BCUT2D eigenvalue weighted by Crippen LogP contribution is -2.30. The average Bonchev–Trinajstić information content (AvgIpc) is 3.46. The highest BCUT2D eigenvalue weighted by atomic mass is 16.6. The number of carbonyl (C=O) groups excluding carboxylic acids is 3. The molecule has 0 aliphatic rings. The van der Waals surface area contributed by atoms with E-state index >= 15 is 0 Å². The Morgan fingerprint density at radius 1 is 0.263 bits per heavy atom. The lowest BCUT2D eigenvalue weighted by molar-refractivity contribution is -0.167. The largest absolute Gasteiger partial charge is 0.462 e. The van der Waals surface area contributed by atoms with Crippen LogP contribution in [0, 0.1) is 0 Å². The van der Waals surface area contributed by atoms with Crippen molar-refractivity contribution in [3.8, 4) is 0 Å². The molecule has 0 fully saturated rings. The summed E-state index contributed by atoms with van der Waals surface area (Å²) in [4.78, 5) is 38.3. The molecule has 0 saturated heterocycles. The van der Waals surface area contributed by atoms with Crippen LogP contribution in [0.2, 0.25) is 0 Å². The van der Waals surface area contributed by atoms with Gasteiger partial charge in [0.25, 0.3) is 0 Å². The number of hydrogen-bond acceptors (Lipinski definition) is 6. The van der Waals surface area contributed by atoms with Crippen LogP contribution in [-0.4, -0.2) is 37.2 Å². The summed E-state index contributed by atoms with van der Waals surface area (Å²) >= 11 is 0. The Bertz CT molecular complexity index is 1560. The number of unbranched alkanes of at least 4 members (excludes halogenated alkanes) is 35. The van der Waals surface area contributed by atoms with Crippen LogP contribution in [0.3, 0.4) is 0 Å². The molecule has 0 aliphatic heterocycles.